The molecule has 0 saturated carbocycles. The molecule has 134 valence electrons. The van der Waals surface area contributed by atoms with Crippen molar-refractivity contribution in [3.63, 3.8) is 0 Å². The van der Waals surface area contributed by atoms with Crippen molar-refractivity contribution in [2.45, 2.75) is 0 Å². The fourth-order valence-corrected chi connectivity index (χ4v) is 2.66. The number of carbonyl (C=O) groups excluding carboxylic acids is 3. The SMILES string of the molecule is O=C(NCCNC(=O)c1ccc(N2CCNC2=O)cc1)c1ccccc1. The molecule has 26 heavy (non-hydrogen) atoms. The predicted octanol–water partition coefficient (Wildman–Crippen LogP) is 1.38. The zero-order chi connectivity index (χ0) is 18.4. The Balaban J connectivity index is 1.45. The van der Waals surface area contributed by atoms with Gasteiger partial charge in [0.2, 0.25) is 0 Å². The van der Waals surface area contributed by atoms with Gasteiger partial charge >= 0.3 is 6.03 Å². The second-order valence-corrected chi connectivity index (χ2v) is 5.81. The summed E-state index contributed by atoms with van der Waals surface area (Å²) >= 11 is 0. The molecule has 4 amide bonds. The highest BCUT2D eigenvalue weighted by atomic mass is 16.2. The van der Waals surface area contributed by atoms with Gasteiger partial charge in [-0.15, -0.1) is 0 Å². The zero-order valence-corrected chi connectivity index (χ0v) is 14.2. The molecule has 7 nitrogen and oxygen atoms in total. The Bertz CT molecular complexity index is 790. The van der Waals surface area contributed by atoms with Gasteiger partial charge in [-0.25, -0.2) is 4.79 Å². The van der Waals surface area contributed by atoms with E-state index in [-0.39, 0.29) is 17.8 Å². The van der Waals surface area contributed by atoms with Crippen LogP contribution in [0.4, 0.5) is 10.5 Å². The summed E-state index contributed by atoms with van der Waals surface area (Å²) in [6.45, 7) is 1.90. The van der Waals surface area contributed by atoms with Crippen LogP contribution in [0.5, 0.6) is 0 Å². The van der Waals surface area contributed by atoms with E-state index in [2.05, 4.69) is 16.0 Å². The van der Waals surface area contributed by atoms with Crippen molar-refractivity contribution < 1.29 is 14.4 Å². The van der Waals surface area contributed by atoms with Crippen LogP contribution in [0, 0.1) is 0 Å². The normalized spacial score (nSPS) is 13.2. The van der Waals surface area contributed by atoms with Gasteiger partial charge in [0.25, 0.3) is 11.8 Å². The molecular formula is C19H20N4O3. The molecule has 1 aliphatic rings. The van der Waals surface area contributed by atoms with Gasteiger partial charge in [0.15, 0.2) is 0 Å². The summed E-state index contributed by atoms with van der Waals surface area (Å²) in [5.41, 5.74) is 1.84. The molecule has 0 unspecified atom stereocenters. The molecule has 2 aromatic rings. The summed E-state index contributed by atoms with van der Waals surface area (Å²) < 4.78 is 0. The topological polar surface area (TPSA) is 90.5 Å². The molecule has 3 N–H and O–H groups in total. The van der Waals surface area contributed by atoms with E-state index in [4.69, 9.17) is 0 Å². The highest BCUT2D eigenvalue weighted by Gasteiger charge is 2.21. The highest BCUT2D eigenvalue weighted by molar-refractivity contribution is 5.97. The van der Waals surface area contributed by atoms with Crippen molar-refractivity contribution >= 4 is 23.5 Å². The molecule has 0 atom stereocenters. The molecular weight excluding hydrogens is 332 g/mol. The van der Waals surface area contributed by atoms with E-state index in [1.54, 1.807) is 53.4 Å². The fourth-order valence-electron chi connectivity index (χ4n) is 2.66. The van der Waals surface area contributed by atoms with Gasteiger partial charge in [-0.05, 0) is 36.4 Å². The minimum absolute atomic E-state index is 0.128. The average molecular weight is 352 g/mol. The maximum absolute atomic E-state index is 12.1. The third-order valence-corrected chi connectivity index (χ3v) is 4.03. The van der Waals surface area contributed by atoms with Gasteiger partial charge in [0, 0.05) is 43.0 Å². The maximum atomic E-state index is 12.1. The van der Waals surface area contributed by atoms with Crippen LogP contribution in [-0.4, -0.2) is 44.0 Å². The van der Waals surface area contributed by atoms with Crippen molar-refractivity contribution in [2.24, 2.45) is 0 Å². The lowest BCUT2D eigenvalue weighted by atomic mass is 10.2. The molecule has 2 aromatic carbocycles. The van der Waals surface area contributed by atoms with Crippen LogP contribution in [0.2, 0.25) is 0 Å². The van der Waals surface area contributed by atoms with Crippen LogP contribution in [0.3, 0.4) is 0 Å². The number of anilines is 1. The summed E-state index contributed by atoms with van der Waals surface area (Å²) in [6, 6.07) is 15.6. The van der Waals surface area contributed by atoms with E-state index >= 15 is 0 Å². The smallest absolute Gasteiger partial charge is 0.321 e. The molecule has 0 aliphatic carbocycles. The Morgan fingerprint density at radius 3 is 2.00 bits per heavy atom. The minimum atomic E-state index is -0.226. The number of urea groups is 1. The first kappa shape index (κ1) is 17.5. The Hall–Kier alpha value is -3.35. The minimum Gasteiger partial charge on any atom is -0.350 e. The van der Waals surface area contributed by atoms with Gasteiger partial charge in [-0.3, -0.25) is 14.5 Å². The first-order valence-corrected chi connectivity index (χ1v) is 8.42. The van der Waals surface area contributed by atoms with Crippen LogP contribution in [-0.2, 0) is 0 Å². The summed E-state index contributed by atoms with van der Waals surface area (Å²) in [4.78, 5) is 37.3. The largest absolute Gasteiger partial charge is 0.350 e. The zero-order valence-electron chi connectivity index (χ0n) is 14.2. The van der Waals surface area contributed by atoms with E-state index in [1.165, 1.54) is 0 Å². The number of nitrogens with zero attached hydrogens (tertiary/aromatic N) is 1. The third kappa shape index (κ3) is 4.18. The lowest BCUT2D eigenvalue weighted by Gasteiger charge is -2.14. The second kappa shape index (κ2) is 8.15. The van der Waals surface area contributed by atoms with E-state index in [0.717, 1.165) is 5.69 Å². The first-order valence-electron chi connectivity index (χ1n) is 8.42. The van der Waals surface area contributed by atoms with Gasteiger partial charge in [0.05, 0.1) is 0 Å². The molecule has 1 saturated heterocycles. The van der Waals surface area contributed by atoms with Gasteiger partial charge in [0.1, 0.15) is 0 Å². The average Bonchev–Trinajstić information content (AvgIpc) is 3.11. The highest BCUT2D eigenvalue weighted by Crippen LogP contribution is 2.17. The molecule has 0 aromatic heterocycles. The lowest BCUT2D eigenvalue weighted by Crippen LogP contribution is -2.34. The van der Waals surface area contributed by atoms with Crippen molar-refractivity contribution in [1.29, 1.82) is 0 Å². The molecule has 7 heteroatoms. The fraction of sp³-hybridized carbons (Fsp3) is 0.211. The molecule has 0 spiro atoms. The van der Waals surface area contributed by atoms with Crippen LogP contribution >= 0.6 is 0 Å². The van der Waals surface area contributed by atoms with E-state index in [9.17, 15) is 14.4 Å². The molecule has 1 aliphatic heterocycles. The molecule has 3 rings (SSSR count). The monoisotopic (exact) mass is 352 g/mol. The van der Waals surface area contributed by atoms with Crippen LogP contribution in [0.1, 0.15) is 20.7 Å². The third-order valence-electron chi connectivity index (χ3n) is 4.03. The van der Waals surface area contributed by atoms with Crippen molar-refractivity contribution in [1.82, 2.24) is 16.0 Å². The number of nitrogens with one attached hydrogen (secondary N) is 3. The van der Waals surface area contributed by atoms with E-state index < -0.39 is 0 Å². The van der Waals surface area contributed by atoms with Crippen molar-refractivity contribution in [2.75, 3.05) is 31.1 Å². The van der Waals surface area contributed by atoms with Crippen LogP contribution < -0.4 is 20.9 Å². The van der Waals surface area contributed by atoms with Gasteiger partial charge < -0.3 is 16.0 Å². The maximum Gasteiger partial charge on any atom is 0.321 e. The standard InChI is InChI=1S/C19H20N4O3/c24-17(14-4-2-1-3-5-14)20-10-11-21-18(25)15-6-8-16(9-7-15)23-13-12-22-19(23)26/h1-9H,10-13H2,(H,20,24)(H,21,25)(H,22,26). The Labute approximate surface area is 151 Å². The number of benzene rings is 2. The van der Waals surface area contributed by atoms with E-state index in [0.29, 0.717) is 37.3 Å². The first-order chi connectivity index (χ1) is 12.6. The summed E-state index contributed by atoms with van der Waals surface area (Å²) in [5, 5.41) is 8.24. The Kier molecular flexibility index (Phi) is 5.48. The number of carbonyl (C=O) groups is 3. The lowest BCUT2D eigenvalue weighted by molar-refractivity contribution is 0.0927. The Morgan fingerprint density at radius 1 is 0.885 bits per heavy atom. The van der Waals surface area contributed by atoms with Gasteiger partial charge in [-0.2, -0.15) is 0 Å². The number of hydrogen-bond acceptors (Lipinski definition) is 3. The van der Waals surface area contributed by atoms with Crippen LogP contribution in [0.25, 0.3) is 0 Å². The summed E-state index contributed by atoms with van der Waals surface area (Å²) in [6.07, 6.45) is 0. The number of rotatable bonds is 6. The quantitative estimate of drug-likeness (QED) is 0.686. The summed E-state index contributed by atoms with van der Waals surface area (Å²) in [7, 11) is 0. The van der Waals surface area contributed by atoms with E-state index in [1.807, 2.05) is 6.07 Å². The van der Waals surface area contributed by atoms with Crippen molar-refractivity contribution in [3.05, 3.63) is 65.7 Å². The van der Waals surface area contributed by atoms with Crippen molar-refractivity contribution in [3.8, 4) is 0 Å². The van der Waals surface area contributed by atoms with Gasteiger partial charge in [-0.1, -0.05) is 18.2 Å². The molecule has 0 bridgehead atoms. The molecule has 0 radical (unpaired) electrons. The summed E-state index contributed by atoms with van der Waals surface area (Å²) in [5.74, 6) is -0.399. The Morgan fingerprint density at radius 2 is 1.46 bits per heavy atom. The molecule has 1 fully saturated rings. The predicted molar refractivity (Wildman–Crippen MR) is 98.3 cm³/mol. The van der Waals surface area contributed by atoms with Crippen LogP contribution in [0.15, 0.2) is 54.6 Å². The second-order valence-electron chi connectivity index (χ2n) is 5.81. The number of amides is 4. The molecule has 1 heterocycles. The number of hydrogen-bond donors (Lipinski definition) is 3.